The lowest BCUT2D eigenvalue weighted by Gasteiger charge is -2.03. The van der Waals surface area contributed by atoms with E-state index in [-0.39, 0.29) is 10.7 Å². The first-order valence-electron chi connectivity index (χ1n) is 4.49. The molecule has 0 unspecified atom stereocenters. The molecule has 1 aromatic heterocycles. The van der Waals surface area contributed by atoms with Gasteiger partial charge in [-0.2, -0.15) is 5.10 Å². The molecular formula is C10H6ClF2N3O. The highest BCUT2D eigenvalue weighted by Gasteiger charge is 2.15. The number of carbonyl (C=O) groups is 1. The van der Waals surface area contributed by atoms with Crippen molar-refractivity contribution in [3.8, 4) is 5.69 Å². The van der Waals surface area contributed by atoms with E-state index in [1.807, 2.05) is 0 Å². The predicted molar refractivity (Wildman–Crippen MR) is 57.0 cm³/mol. The van der Waals surface area contributed by atoms with Gasteiger partial charge >= 0.3 is 0 Å². The van der Waals surface area contributed by atoms with E-state index < -0.39 is 23.2 Å². The van der Waals surface area contributed by atoms with E-state index in [9.17, 15) is 13.6 Å². The molecule has 0 saturated heterocycles. The molecule has 7 heteroatoms. The van der Waals surface area contributed by atoms with Crippen LogP contribution in [0.4, 0.5) is 8.78 Å². The number of halogens is 3. The number of amides is 1. The Balaban J connectivity index is 2.53. The van der Waals surface area contributed by atoms with Gasteiger partial charge in [0.15, 0.2) is 11.5 Å². The minimum atomic E-state index is -0.987. The third-order valence-corrected chi connectivity index (χ3v) is 2.36. The summed E-state index contributed by atoms with van der Waals surface area (Å²) in [6.07, 6.45) is 0.944. The van der Waals surface area contributed by atoms with E-state index in [2.05, 4.69) is 5.10 Å². The Hall–Kier alpha value is -1.95. The van der Waals surface area contributed by atoms with E-state index in [0.29, 0.717) is 0 Å². The molecule has 0 bridgehead atoms. The molecule has 4 nitrogen and oxygen atoms in total. The second-order valence-corrected chi connectivity index (χ2v) is 3.64. The van der Waals surface area contributed by atoms with Crippen molar-refractivity contribution in [1.82, 2.24) is 9.78 Å². The summed E-state index contributed by atoms with van der Waals surface area (Å²) in [5, 5.41) is 3.68. The van der Waals surface area contributed by atoms with Crippen LogP contribution in [0.2, 0.25) is 5.02 Å². The molecule has 0 saturated carbocycles. The molecule has 0 aliphatic rings. The monoisotopic (exact) mass is 257 g/mol. The van der Waals surface area contributed by atoms with Crippen LogP contribution in [0.5, 0.6) is 0 Å². The minimum absolute atomic E-state index is 0.0449. The molecule has 2 N–H and O–H groups in total. The summed E-state index contributed by atoms with van der Waals surface area (Å²) < 4.78 is 27.1. The Morgan fingerprint density at radius 3 is 2.65 bits per heavy atom. The normalized spacial score (nSPS) is 10.5. The fraction of sp³-hybridized carbons (Fsp3) is 0. The first kappa shape index (κ1) is 11.5. The topological polar surface area (TPSA) is 60.9 Å². The van der Waals surface area contributed by atoms with Crippen molar-refractivity contribution < 1.29 is 13.6 Å². The third kappa shape index (κ3) is 2.12. The lowest BCUT2D eigenvalue weighted by Crippen LogP contribution is -2.13. The van der Waals surface area contributed by atoms with Crippen LogP contribution in [0.1, 0.15) is 10.5 Å². The molecule has 2 aromatic rings. The molecule has 0 spiro atoms. The van der Waals surface area contributed by atoms with Gasteiger partial charge in [-0.05, 0) is 18.2 Å². The van der Waals surface area contributed by atoms with Gasteiger partial charge in [-0.3, -0.25) is 4.79 Å². The van der Waals surface area contributed by atoms with Crippen molar-refractivity contribution in [2.45, 2.75) is 0 Å². The maximum absolute atomic E-state index is 13.3. The van der Waals surface area contributed by atoms with Crippen molar-refractivity contribution in [2.75, 3.05) is 0 Å². The van der Waals surface area contributed by atoms with Crippen LogP contribution in [0.15, 0.2) is 24.4 Å². The zero-order valence-electron chi connectivity index (χ0n) is 8.32. The highest BCUT2D eigenvalue weighted by Crippen LogP contribution is 2.21. The summed E-state index contributed by atoms with van der Waals surface area (Å²) in [5.74, 6) is -2.38. The second-order valence-electron chi connectivity index (χ2n) is 3.23. The molecule has 1 aromatic carbocycles. The van der Waals surface area contributed by atoms with Crippen molar-refractivity contribution in [2.24, 2.45) is 5.73 Å². The van der Waals surface area contributed by atoms with Crippen LogP contribution in [-0.2, 0) is 0 Å². The van der Waals surface area contributed by atoms with E-state index in [1.165, 1.54) is 6.07 Å². The number of nitrogens with two attached hydrogens (primary N) is 1. The molecule has 88 valence electrons. The molecule has 0 atom stereocenters. The van der Waals surface area contributed by atoms with Crippen LogP contribution < -0.4 is 5.73 Å². The lowest BCUT2D eigenvalue weighted by molar-refractivity contribution is 0.0991. The highest BCUT2D eigenvalue weighted by atomic mass is 35.5. The first-order chi connectivity index (χ1) is 7.99. The van der Waals surface area contributed by atoms with E-state index in [1.54, 1.807) is 0 Å². The average Bonchev–Trinajstić information content (AvgIpc) is 2.60. The number of benzene rings is 1. The number of rotatable bonds is 2. The van der Waals surface area contributed by atoms with Crippen LogP contribution in [0.3, 0.4) is 0 Å². The molecule has 0 radical (unpaired) electrons. The zero-order valence-corrected chi connectivity index (χ0v) is 9.08. The number of hydrogen-bond acceptors (Lipinski definition) is 2. The largest absolute Gasteiger partial charge is 0.364 e. The van der Waals surface area contributed by atoms with Crippen LogP contribution in [0, 0.1) is 11.6 Å². The van der Waals surface area contributed by atoms with Gasteiger partial charge in [-0.1, -0.05) is 11.6 Å². The van der Waals surface area contributed by atoms with Gasteiger partial charge in [-0.15, -0.1) is 0 Å². The van der Waals surface area contributed by atoms with E-state index in [4.69, 9.17) is 17.3 Å². The summed E-state index contributed by atoms with van der Waals surface area (Å²) in [6.45, 7) is 0. The Morgan fingerprint density at radius 1 is 1.41 bits per heavy atom. The summed E-state index contributed by atoms with van der Waals surface area (Å²) >= 11 is 5.77. The molecule has 0 aliphatic heterocycles. The van der Waals surface area contributed by atoms with Gasteiger partial charge in [0.1, 0.15) is 5.82 Å². The summed E-state index contributed by atoms with van der Waals surface area (Å²) in [6, 6.07) is 3.51. The average molecular weight is 258 g/mol. The van der Waals surface area contributed by atoms with Gasteiger partial charge in [0.05, 0.1) is 16.9 Å². The second kappa shape index (κ2) is 4.14. The fourth-order valence-electron chi connectivity index (χ4n) is 1.31. The van der Waals surface area contributed by atoms with Crippen molar-refractivity contribution in [3.05, 3.63) is 46.7 Å². The fourth-order valence-corrected chi connectivity index (χ4v) is 1.56. The van der Waals surface area contributed by atoms with Crippen molar-refractivity contribution in [1.29, 1.82) is 0 Å². The van der Waals surface area contributed by atoms with Crippen molar-refractivity contribution in [3.63, 3.8) is 0 Å². The Morgan fingerprint density at radius 2 is 2.12 bits per heavy atom. The molecular weight excluding hydrogens is 252 g/mol. The number of nitrogens with zero attached hydrogens (tertiary/aromatic N) is 2. The van der Waals surface area contributed by atoms with E-state index in [0.717, 1.165) is 23.0 Å². The quantitative estimate of drug-likeness (QED) is 0.893. The number of aromatic nitrogens is 2. The summed E-state index contributed by atoms with van der Waals surface area (Å²) in [4.78, 5) is 10.8. The van der Waals surface area contributed by atoms with Gasteiger partial charge < -0.3 is 5.73 Å². The number of carbonyl (C=O) groups excluding carboxylic acids is 1. The number of primary amides is 1. The molecule has 17 heavy (non-hydrogen) atoms. The van der Waals surface area contributed by atoms with Crippen LogP contribution in [-0.4, -0.2) is 15.7 Å². The third-order valence-electron chi connectivity index (χ3n) is 2.06. The maximum atomic E-state index is 13.3. The standard InChI is InChI=1S/C10H6ClF2N3O/c11-6-3-5(12)1-2-8(6)16-4-7(13)9(15-16)10(14)17/h1-4H,(H2,14,17). The first-order valence-corrected chi connectivity index (χ1v) is 4.87. The smallest absolute Gasteiger partial charge is 0.272 e. The SMILES string of the molecule is NC(=O)c1nn(-c2ccc(F)cc2Cl)cc1F. The molecule has 0 aliphatic carbocycles. The van der Waals surface area contributed by atoms with E-state index >= 15 is 0 Å². The van der Waals surface area contributed by atoms with Gasteiger partial charge in [0, 0.05) is 0 Å². The summed E-state index contributed by atoms with van der Waals surface area (Å²) in [7, 11) is 0. The van der Waals surface area contributed by atoms with Crippen molar-refractivity contribution >= 4 is 17.5 Å². The summed E-state index contributed by atoms with van der Waals surface area (Å²) in [5.41, 5.74) is 4.67. The molecule has 1 heterocycles. The Kier molecular flexibility index (Phi) is 2.81. The minimum Gasteiger partial charge on any atom is -0.364 e. The highest BCUT2D eigenvalue weighted by molar-refractivity contribution is 6.32. The maximum Gasteiger partial charge on any atom is 0.272 e. The predicted octanol–water partition coefficient (Wildman–Crippen LogP) is 1.90. The molecule has 1 amide bonds. The van der Waals surface area contributed by atoms with Gasteiger partial charge in [-0.25, -0.2) is 13.5 Å². The van der Waals surface area contributed by atoms with Crippen LogP contribution in [0.25, 0.3) is 5.69 Å². The number of hydrogen-bond donors (Lipinski definition) is 1. The molecule has 0 fully saturated rings. The Labute approximate surface area is 99.6 Å². The Bertz CT molecular complexity index is 597. The van der Waals surface area contributed by atoms with Crippen LogP contribution >= 0.6 is 11.6 Å². The zero-order chi connectivity index (χ0) is 12.6. The molecule has 2 rings (SSSR count). The lowest BCUT2D eigenvalue weighted by atomic mass is 10.3. The van der Waals surface area contributed by atoms with Gasteiger partial charge in [0.2, 0.25) is 0 Å². The van der Waals surface area contributed by atoms with Gasteiger partial charge in [0.25, 0.3) is 5.91 Å².